The fourth-order valence-electron chi connectivity index (χ4n) is 5.09. The Labute approximate surface area is 221 Å². The Balaban J connectivity index is 0.00000115. The van der Waals surface area contributed by atoms with Gasteiger partial charge in [-0.1, -0.05) is 43.7 Å². The van der Waals surface area contributed by atoms with Crippen LogP contribution in [-0.2, 0) is 40.5 Å². The van der Waals surface area contributed by atoms with Crippen molar-refractivity contribution in [2.24, 2.45) is 5.92 Å². The number of fused-ring (bicyclic) bond motifs is 1. The quantitative estimate of drug-likeness (QED) is 0.436. The molecular formula is C28H42FN3O4S. The number of aliphatic hydroxyl groups excluding tert-OH is 1. The number of benzene rings is 2. The summed E-state index contributed by atoms with van der Waals surface area (Å²) >= 11 is 0. The Hall–Kier alpha value is -2.33. The van der Waals surface area contributed by atoms with Gasteiger partial charge in [0.15, 0.2) is 0 Å². The molecule has 1 heterocycles. The normalized spacial score (nSPS) is 19.1. The largest absolute Gasteiger partial charge is 0.400 e. The molecule has 0 bridgehead atoms. The molecule has 4 rings (SSSR count). The molecule has 0 aromatic heterocycles. The van der Waals surface area contributed by atoms with Gasteiger partial charge in [0.2, 0.25) is 15.9 Å². The second kappa shape index (κ2) is 14.6. The van der Waals surface area contributed by atoms with E-state index in [9.17, 15) is 17.6 Å². The van der Waals surface area contributed by atoms with Crippen LogP contribution in [0.1, 0.15) is 48.1 Å². The number of alkyl halides is 1. The van der Waals surface area contributed by atoms with Crippen LogP contribution in [0.2, 0.25) is 0 Å². The van der Waals surface area contributed by atoms with E-state index in [2.05, 4.69) is 41.3 Å². The zero-order valence-electron chi connectivity index (χ0n) is 22.6. The monoisotopic (exact) mass is 535 g/mol. The highest BCUT2D eigenvalue weighted by molar-refractivity contribution is 7.89. The fraction of sp³-hybridized carbons (Fsp3) is 0.536. The number of sulfonamides is 1. The van der Waals surface area contributed by atoms with Crippen molar-refractivity contribution in [1.82, 2.24) is 15.4 Å². The molecule has 4 N–H and O–H groups in total. The minimum Gasteiger partial charge on any atom is -0.400 e. The third-order valence-electron chi connectivity index (χ3n) is 6.94. The number of amides is 1. The number of aryl methyl sites for hydroxylation is 3. The number of rotatable bonds is 7. The van der Waals surface area contributed by atoms with Crippen molar-refractivity contribution in [3.05, 3.63) is 64.2 Å². The third kappa shape index (κ3) is 8.07. The van der Waals surface area contributed by atoms with Gasteiger partial charge in [-0.3, -0.25) is 9.18 Å². The Morgan fingerprint density at radius 3 is 2.03 bits per heavy atom. The predicted octanol–water partition coefficient (Wildman–Crippen LogP) is 2.85. The molecule has 0 saturated carbocycles. The summed E-state index contributed by atoms with van der Waals surface area (Å²) in [6.45, 7) is 7.38. The minimum absolute atomic E-state index is 0.00553. The van der Waals surface area contributed by atoms with Crippen molar-refractivity contribution >= 4 is 15.9 Å². The Kier molecular flexibility index (Phi) is 12.2. The highest BCUT2D eigenvalue weighted by Gasteiger charge is 2.32. The molecular weight excluding hydrogens is 493 g/mol. The molecule has 1 fully saturated rings. The van der Waals surface area contributed by atoms with Crippen molar-refractivity contribution in [3.8, 4) is 0 Å². The van der Waals surface area contributed by atoms with Crippen LogP contribution in [0.15, 0.2) is 41.3 Å². The van der Waals surface area contributed by atoms with Crippen LogP contribution < -0.4 is 15.4 Å². The van der Waals surface area contributed by atoms with E-state index in [1.165, 1.54) is 22.3 Å². The van der Waals surface area contributed by atoms with Crippen molar-refractivity contribution in [2.75, 3.05) is 27.4 Å². The van der Waals surface area contributed by atoms with Crippen molar-refractivity contribution in [1.29, 1.82) is 0 Å². The van der Waals surface area contributed by atoms with Gasteiger partial charge in [-0.2, -0.15) is 0 Å². The summed E-state index contributed by atoms with van der Waals surface area (Å²) < 4.78 is 37.8. The molecule has 0 spiro atoms. The molecule has 37 heavy (non-hydrogen) atoms. The highest BCUT2D eigenvalue weighted by Crippen LogP contribution is 2.27. The van der Waals surface area contributed by atoms with E-state index in [4.69, 9.17) is 5.11 Å². The smallest absolute Gasteiger partial charge is 0.240 e. The molecule has 2 atom stereocenters. The standard InChI is InChI=1S/C26H35N3O3S.CH3F.CH4O/c1-4-18-10-20-12-23(13-21(20)11-19(18)5-2)28-26(30)22-14-24(16-27-15-22)29-33(31,32)25-8-6-17(3)7-9-25;2*1-2/h6-11,22-24,27,29H,4-5,12-16H2,1-3H3,(H,28,30);1H3;2H,1H3. The van der Waals surface area contributed by atoms with Crippen LogP contribution >= 0.6 is 0 Å². The van der Waals surface area contributed by atoms with Gasteiger partial charge in [0.05, 0.1) is 18.0 Å². The summed E-state index contributed by atoms with van der Waals surface area (Å²) in [5, 5.41) is 13.5. The maximum Gasteiger partial charge on any atom is 0.240 e. The molecule has 1 saturated heterocycles. The topological polar surface area (TPSA) is 108 Å². The van der Waals surface area contributed by atoms with E-state index in [0.717, 1.165) is 38.4 Å². The van der Waals surface area contributed by atoms with Crippen molar-refractivity contribution in [3.63, 3.8) is 0 Å². The first-order chi connectivity index (χ1) is 17.8. The Morgan fingerprint density at radius 2 is 1.51 bits per heavy atom. The molecule has 2 aliphatic rings. The molecule has 206 valence electrons. The number of hydrogen-bond acceptors (Lipinski definition) is 5. The molecule has 9 heteroatoms. The number of aliphatic hydroxyl groups is 1. The summed E-state index contributed by atoms with van der Waals surface area (Å²) in [7, 11) is -2.12. The van der Waals surface area contributed by atoms with Gasteiger partial charge >= 0.3 is 0 Å². The maximum absolute atomic E-state index is 13.0. The van der Waals surface area contributed by atoms with Gasteiger partial charge in [-0.05, 0) is 73.4 Å². The maximum atomic E-state index is 13.0. The zero-order valence-corrected chi connectivity index (χ0v) is 23.4. The molecule has 0 radical (unpaired) electrons. The molecule has 2 unspecified atom stereocenters. The van der Waals surface area contributed by atoms with Crippen LogP contribution in [0, 0.1) is 12.8 Å². The second-order valence-electron chi connectivity index (χ2n) is 9.43. The molecule has 2 aromatic carbocycles. The molecule has 7 nitrogen and oxygen atoms in total. The lowest BCUT2D eigenvalue weighted by molar-refractivity contribution is -0.126. The SMILES string of the molecule is CCc1cc2c(cc1CC)CC(NC(=O)C1CNCC(NS(=O)(=O)c3ccc(C)cc3)C1)C2.CF.CO. The van der Waals surface area contributed by atoms with Crippen LogP contribution in [0.5, 0.6) is 0 Å². The van der Waals surface area contributed by atoms with E-state index in [1.54, 1.807) is 24.3 Å². The van der Waals surface area contributed by atoms with Crippen LogP contribution in [0.3, 0.4) is 0 Å². The van der Waals surface area contributed by atoms with Crippen molar-refractivity contribution < 1.29 is 22.7 Å². The lowest BCUT2D eigenvalue weighted by atomic mass is 9.95. The summed E-state index contributed by atoms with van der Waals surface area (Å²) in [6.07, 6.45) is 4.27. The number of halogens is 1. The van der Waals surface area contributed by atoms with E-state index in [-0.39, 0.29) is 28.8 Å². The molecule has 2 aromatic rings. The van der Waals surface area contributed by atoms with Gasteiger partial charge in [-0.15, -0.1) is 0 Å². The van der Waals surface area contributed by atoms with Gasteiger partial charge in [0.1, 0.15) is 0 Å². The van der Waals surface area contributed by atoms with Crippen LogP contribution in [0.25, 0.3) is 0 Å². The summed E-state index contributed by atoms with van der Waals surface area (Å²) in [6, 6.07) is 11.2. The summed E-state index contributed by atoms with van der Waals surface area (Å²) in [4.78, 5) is 13.3. The van der Waals surface area contributed by atoms with E-state index < -0.39 is 10.0 Å². The Bertz CT molecular complexity index is 1090. The predicted molar refractivity (Wildman–Crippen MR) is 146 cm³/mol. The fourth-order valence-corrected chi connectivity index (χ4v) is 6.34. The molecule has 1 aliphatic carbocycles. The number of hydrogen-bond donors (Lipinski definition) is 4. The number of carbonyl (C=O) groups is 1. The first-order valence-corrected chi connectivity index (χ1v) is 14.3. The summed E-state index contributed by atoms with van der Waals surface area (Å²) in [5.41, 5.74) is 6.52. The second-order valence-corrected chi connectivity index (χ2v) is 11.1. The minimum atomic E-state index is -3.62. The van der Waals surface area contributed by atoms with Crippen molar-refractivity contribution in [2.45, 2.75) is 69.9 Å². The average molecular weight is 536 g/mol. The number of nitrogens with one attached hydrogen (secondary N) is 3. The lowest BCUT2D eigenvalue weighted by Gasteiger charge is -2.30. The van der Waals surface area contributed by atoms with Crippen LogP contribution in [-0.4, -0.2) is 58.9 Å². The first-order valence-electron chi connectivity index (χ1n) is 12.8. The van der Waals surface area contributed by atoms with Gasteiger partial charge in [-0.25, -0.2) is 13.1 Å². The number of carbonyl (C=O) groups excluding carboxylic acids is 1. The molecule has 1 amide bonds. The zero-order chi connectivity index (χ0) is 27.6. The summed E-state index contributed by atoms with van der Waals surface area (Å²) in [5.74, 6) is -0.253. The van der Waals surface area contributed by atoms with E-state index >= 15 is 0 Å². The van der Waals surface area contributed by atoms with E-state index in [0.29, 0.717) is 26.7 Å². The van der Waals surface area contributed by atoms with Gasteiger partial charge in [0.25, 0.3) is 0 Å². The van der Waals surface area contributed by atoms with Gasteiger partial charge in [0, 0.05) is 32.3 Å². The van der Waals surface area contributed by atoms with Crippen LogP contribution in [0.4, 0.5) is 4.39 Å². The highest BCUT2D eigenvalue weighted by atomic mass is 32.2. The molecule has 1 aliphatic heterocycles. The first kappa shape index (κ1) is 30.9. The third-order valence-corrected chi connectivity index (χ3v) is 8.47. The lowest BCUT2D eigenvalue weighted by Crippen LogP contribution is -2.53. The van der Waals surface area contributed by atoms with E-state index in [1.807, 2.05) is 6.92 Å². The number of piperidine rings is 1. The Morgan fingerprint density at radius 1 is 0.973 bits per heavy atom. The van der Waals surface area contributed by atoms with Gasteiger partial charge < -0.3 is 15.7 Å². The average Bonchev–Trinajstić information content (AvgIpc) is 3.31.